The van der Waals surface area contributed by atoms with Crippen molar-refractivity contribution in [3.05, 3.63) is 17.6 Å². The van der Waals surface area contributed by atoms with E-state index in [9.17, 15) is 18.0 Å². The summed E-state index contributed by atoms with van der Waals surface area (Å²) in [6, 6.07) is 1.98. The van der Waals surface area contributed by atoms with E-state index in [-0.39, 0.29) is 17.7 Å². The van der Waals surface area contributed by atoms with E-state index in [0.717, 1.165) is 23.8 Å². The normalized spacial score (nSPS) is 23.3. The van der Waals surface area contributed by atoms with Gasteiger partial charge in [0.05, 0.1) is 6.54 Å². The van der Waals surface area contributed by atoms with Crippen molar-refractivity contribution < 1.29 is 18.0 Å². The van der Waals surface area contributed by atoms with Crippen molar-refractivity contribution in [3.8, 4) is 0 Å². The number of aromatic nitrogens is 4. The van der Waals surface area contributed by atoms with Gasteiger partial charge in [0.2, 0.25) is 5.91 Å². The molecule has 1 saturated heterocycles. The first-order valence-electron chi connectivity index (χ1n) is 10.8. The molecule has 2 fully saturated rings. The quantitative estimate of drug-likeness (QED) is 0.788. The number of hydrogen-bond acceptors (Lipinski definition) is 6. The molecule has 3 heterocycles. The van der Waals surface area contributed by atoms with Crippen LogP contribution in [-0.4, -0.2) is 69.2 Å². The van der Waals surface area contributed by atoms with E-state index in [4.69, 9.17) is 0 Å². The van der Waals surface area contributed by atoms with Crippen molar-refractivity contribution in [1.29, 1.82) is 0 Å². The third-order valence-electron chi connectivity index (χ3n) is 6.04. The fourth-order valence-electron chi connectivity index (χ4n) is 4.49. The Morgan fingerprint density at radius 3 is 2.61 bits per heavy atom. The molecule has 2 unspecified atom stereocenters. The predicted octanol–water partition coefficient (Wildman–Crippen LogP) is 2.27. The third-order valence-corrected chi connectivity index (χ3v) is 6.04. The molecule has 0 radical (unpaired) electrons. The number of rotatable bonds is 4. The van der Waals surface area contributed by atoms with Crippen molar-refractivity contribution in [2.75, 3.05) is 37.6 Å². The zero-order valence-corrected chi connectivity index (χ0v) is 17.8. The van der Waals surface area contributed by atoms with E-state index < -0.39 is 12.0 Å². The fourth-order valence-corrected chi connectivity index (χ4v) is 4.49. The molecule has 0 aromatic carbocycles. The van der Waals surface area contributed by atoms with Gasteiger partial charge >= 0.3 is 6.18 Å². The maximum atomic E-state index is 13.0. The molecule has 31 heavy (non-hydrogen) atoms. The highest BCUT2D eigenvalue weighted by molar-refractivity contribution is 5.78. The summed E-state index contributed by atoms with van der Waals surface area (Å²) in [4.78, 5) is 24.1. The molecule has 1 aliphatic heterocycles. The van der Waals surface area contributed by atoms with Crippen molar-refractivity contribution >= 4 is 17.5 Å². The van der Waals surface area contributed by atoms with Gasteiger partial charge in [0.15, 0.2) is 0 Å². The lowest BCUT2D eigenvalue weighted by Gasteiger charge is -2.36. The summed E-state index contributed by atoms with van der Waals surface area (Å²) < 4.78 is 40.3. The van der Waals surface area contributed by atoms with Crippen molar-refractivity contribution in [2.24, 2.45) is 5.92 Å². The second-order valence-electron chi connectivity index (χ2n) is 8.70. The van der Waals surface area contributed by atoms with Gasteiger partial charge in [-0.25, -0.2) is 4.98 Å². The number of nitrogens with zero attached hydrogens (tertiary/aromatic N) is 6. The molecule has 1 aliphatic carbocycles. The van der Waals surface area contributed by atoms with Gasteiger partial charge in [-0.1, -0.05) is 19.8 Å². The monoisotopic (exact) mass is 439 g/mol. The number of alkyl halides is 3. The number of hydrogen-bond donors (Lipinski definition) is 1. The average molecular weight is 439 g/mol. The second kappa shape index (κ2) is 8.60. The largest absolute Gasteiger partial charge is 0.453 e. The van der Waals surface area contributed by atoms with Gasteiger partial charge in [-0.2, -0.15) is 22.7 Å². The van der Waals surface area contributed by atoms with Crippen LogP contribution >= 0.6 is 0 Å². The maximum absolute atomic E-state index is 13.0. The van der Waals surface area contributed by atoms with Gasteiger partial charge in [0.1, 0.15) is 5.82 Å². The third kappa shape index (κ3) is 5.08. The Labute approximate surface area is 178 Å². The molecule has 8 nitrogen and oxygen atoms in total. The number of halogens is 3. The number of anilines is 1. The highest BCUT2D eigenvalue weighted by Gasteiger charge is 2.37. The summed E-state index contributed by atoms with van der Waals surface area (Å²) in [5.74, 6) is -0.0329. The molecule has 1 saturated carbocycles. The standard InChI is InChI=1S/C20H28F3N7O/c1-13-4-3-5-15(10-13)25-16(31)12-28-6-8-29(9-7-28)17-11-14(2)24-19-26-18(20(21,22)23)27-30(17)19/h11,13,15H,3-10,12H2,1-2H3,(H,25,31). The summed E-state index contributed by atoms with van der Waals surface area (Å²) in [5.41, 5.74) is 0.576. The fraction of sp³-hybridized carbons (Fsp3) is 0.700. The van der Waals surface area contributed by atoms with Crippen LogP contribution in [0.1, 0.15) is 44.1 Å². The van der Waals surface area contributed by atoms with Gasteiger partial charge < -0.3 is 10.2 Å². The summed E-state index contributed by atoms with van der Waals surface area (Å²) >= 11 is 0. The zero-order chi connectivity index (χ0) is 22.2. The number of amides is 1. The van der Waals surface area contributed by atoms with Gasteiger partial charge in [-0.3, -0.25) is 9.69 Å². The molecule has 170 valence electrons. The zero-order valence-electron chi connectivity index (χ0n) is 17.8. The molecule has 2 aliphatic rings. The Morgan fingerprint density at radius 1 is 1.19 bits per heavy atom. The molecule has 1 amide bonds. The highest BCUT2D eigenvalue weighted by atomic mass is 19.4. The summed E-state index contributed by atoms with van der Waals surface area (Å²) in [6.07, 6.45) is -0.163. The number of piperazine rings is 1. The van der Waals surface area contributed by atoms with E-state index in [1.807, 2.05) is 4.90 Å². The Hall–Kier alpha value is -2.43. The van der Waals surface area contributed by atoms with Crippen LogP contribution in [0, 0.1) is 12.8 Å². The first kappa shape index (κ1) is 21.8. The van der Waals surface area contributed by atoms with E-state index in [1.54, 1.807) is 13.0 Å². The number of fused-ring (bicyclic) bond motifs is 1. The molecular weight excluding hydrogens is 411 g/mol. The van der Waals surface area contributed by atoms with Crippen LogP contribution in [0.3, 0.4) is 0 Å². The lowest BCUT2D eigenvalue weighted by molar-refractivity contribution is -0.144. The lowest BCUT2D eigenvalue weighted by atomic mass is 9.87. The predicted molar refractivity (Wildman–Crippen MR) is 109 cm³/mol. The minimum absolute atomic E-state index is 0.0424. The Morgan fingerprint density at radius 2 is 1.94 bits per heavy atom. The van der Waals surface area contributed by atoms with E-state index >= 15 is 0 Å². The lowest BCUT2D eigenvalue weighted by Crippen LogP contribution is -2.51. The van der Waals surface area contributed by atoms with Crippen molar-refractivity contribution in [3.63, 3.8) is 0 Å². The molecule has 0 spiro atoms. The minimum atomic E-state index is -4.62. The molecule has 2 atom stereocenters. The first-order chi connectivity index (χ1) is 14.7. The summed E-state index contributed by atoms with van der Waals surface area (Å²) in [6.45, 7) is 6.71. The van der Waals surface area contributed by atoms with Gasteiger partial charge in [0.25, 0.3) is 11.6 Å². The van der Waals surface area contributed by atoms with Crippen molar-refractivity contribution in [2.45, 2.75) is 51.7 Å². The molecular formula is C20H28F3N7O. The van der Waals surface area contributed by atoms with Crippen LogP contribution in [0.4, 0.5) is 19.0 Å². The topological polar surface area (TPSA) is 78.7 Å². The van der Waals surface area contributed by atoms with Crippen LogP contribution in [0.15, 0.2) is 6.07 Å². The number of nitrogens with one attached hydrogen (secondary N) is 1. The number of aryl methyl sites for hydroxylation is 1. The van der Waals surface area contributed by atoms with E-state index in [0.29, 0.717) is 50.2 Å². The number of carbonyl (C=O) groups excluding carboxylic acids is 1. The first-order valence-corrected chi connectivity index (χ1v) is 10.8. The van der Waals surface area contributed by atoms with Crippen LogP contribution in [0.5, 0.6) is 0 Å². The molecule has 2 aromatic rings. The summed E-state index contributed by atoms with van der Waals surface area (Å²) in [7, 11) is 0. The van der Waals surface area contributed by atoms with Gasteiger partial charge in [-0.05, 0) is 25.7 Å². The van der Waals surface area contributed by atoms with Crippen LogP contribution in [0.2, 0.25) is 0 Å². The second-order valence-corrected chi connectivity index (χ2v) is 8.70. The molecule has 4 rings (SSSR count). The minimum Gasteiger partial charge on any atom is -0.354 e. The maximum Gasteiger partial charge on any atom is 0.453 e. The summed E-state index contributed by atoms with van der Waals surface area (Å²) in [5, 5.41) is 6.79. The van der Waals surface area contributed by atoms with Crippen LogP contribution < -0.4 is 10.2 Å². The highest BCUT2D eigenvalue weighted by Crippen LogP contribution is 2.28. The molecule has 2 aromatic heterocycles. The van der Waals surface area contributed by atoms with Gasteiger partial charge in [-0.15, -0.1) is 5.10 Å². The van der Waals surface area contributed by atoms with E-state index in [2.05, 4.69) is 32.2 Å². The SMILES string of the molecule is Cc1cc(N2CCN(CC(=O)NC3CCCC(C)C3)CC2)n2nc(C(F)(F)F)nc2n1. The smallest absolute Gasteiger partial charge is 0.354 e. The average Bonchev–Trinajstić information content (AvgIpc) is 3.12. The Kier molecular flexibility index (Phi) is 6.05. The van der Waals surface area contributed by atoms with Gasteiger partial charge in [0, 0.05) is 44.0 Å². The van der Waals surface area contributed by atoms with E-state index in [1.165, 1.54) is 6.42 Å². The van der Waals surface area contributed by atoms with Crippen LogP contribution in [-0.2, 0) is 11.0 Å². The van der Waals surface area contributed by atoms with Crippen molar-refractivity contribution in [1.82, 2.24) is 29.8 Å². The molecule has 1 N–H and O–H groups in total. The molecule has 0 bridgehead atoms. The Bertz CT molecular complexity index is 937. The number of carbonyl (C=O) groups is 1. The Balaban J connectivity index is 1.38. The molecule has 11 heteroatoms. The van der Waals surface area contributed by atoms with Crippen LogP contribution in [0.25, 0.3) is 5.78 Å².